The number of aromatic amines is 1. The molecule has 2 heterocycles. The van der Waals surface area contributed by atoms with Gasteiger partial charge < -0.3 is 5.73 Å². The number of nitrogens with zero attached hydrogens (tertiary/aromatic N) is 4. The van der Waals surface area contributed by atoms with Crippen molar-refractivity contribution in [3.63, 3.8) is 0 Å². The van der Waals surface area contributed by atoms with Crippen LogP contribution >= 0.6 is 0 Å². The molecule has 0 unspecified atom stereocenters. The number of hydrogen-bond acceptors (Lipinski definition) is 6. The van der Waals surface area contributed by atoms with E-state index < -0.39 is 5.56 Å². The van der Waals surface area contributed by atoms with Crippen LogP contribution in [0.1, 0.15) is 0 Å². The van der Waals surface area contributed by atoms with Crippen LogP contribution in [0.4, 0.5) is 5.95 Å². The first-order valence-electron chi connectivity index (χ1n) is 3.53. The Morgan fingerprint density at radius 3 is 3.14 bits per heavy atom. The second-order valence-corrected chi connectivity index (χ2v) is 2.40. The highest BCUT2D eigenvalue weighted by atomic mass is 16.1. The SMILES string of the molecule is Nc1nc2c(ncn2N=C=O)c(=O)[nH]1. The second-order valence-electron chi connectivity index (χ2n) is 2.40. The number of anilines is 1. The van der Waals surface area contributed by atoms with Crippen molar-refractivity contribution in [3.8, 4) is 0 Å². The molecule has 70 valence electrons. The van der Waals surface area contributed by atoms with Crippen LogP contribution in [0.15, 0.2) is 16.2 Å². The van der Waals surface area contributed by atoms with E-state index >= 15 is 0 Å². The van der Waals surface area contributed by atoms with Gasteiger partial charge in [-0.3, -0.25) is 9.78 Å². The smallest absolute Gasteiger partial charge is 0.280 e. The van der Waals surface area contributed by atoms with E-state index in [-0.39, 0.29) is 17.1 Å². The van der Waals surface area contributed by atoms with Crippen molar-refractivity contribution in [3.05, 3.63) is 16.7 Å². The lowest BCUT2D eigenvalue weighted by molar-refractivity contribution is 0.560. The second kappa shape index (κ2) is 2.79. The first kappa shape index (κ1) is 8.14. The molecule has 0 radical (unpaired) electrons. The molecule has 0 atom stereocenters. The summed E-state index contributed by atoms with van der Waals surface area (Å²) in [4.78, 5) is 31.0. The number of H-pyrrole nitrogens is 1. The molecule has 2 rings (SSSR count). The van der Waals surface area contributed by atoms with Gasteiger partial charge in [-0.05, 0) is 0 Å². The van der Waals surface area contributed by atoms with Gasteiger partial charge in [0, 0.05) is 0 Å². The number of hydrogen-bond donors (Lipinski definition) is 2. The number of aromatic nitrogens is 4. The van der Waals surface area contributed by atoms with Gasteiger partial charge in [0.2, 0.25) is 5.95 Å². The molecule has 0 spiro atoms. The molecular formula is C6H4N6O2. The fourth-order valence-corrected chi connectivity index (χ4v) is 1.03. The van der Waals surface area contributed by atoms with Crippen molar-refractivity contribution in [2.24, 2.45) is 5.10 Å². The van der Waals surface area contributed by atoms with Gasteiger partial charge in [0.25, 0.3) is 11.6 Å². The zero-order chi connectivity index (χ0) is 10.1. The van der Waals surface area contributed by atoms with Gasteiger partial charge in [0.05, 0.1) is 0 Å². The molecule has 14 heavy (non-hydrogen) atoms. The average Bonchev–Trinajstić information content (AvgIpc) is 2.49. The predicted octanol–water partition coefficient (Wildman–Crippen LogP) is -1.20. The predicted molar refractivity (Wildman–Crippen MR) is 46.1 cm³/mol. The Morgan fingerprint density at radius 2 is 2.43 bits per heavy atom. The maximum Gasteiger partial charge on any atom is 0.280 e. The topological polar surface area (TPSA) is 119 Å². The molecule has 2 aromatic rings. The van der Waals surface area contributed by atoms with E-state index in [0.717, 1.165) is 4.68 Å². The van der Waals surface area contributed by atoms with E-state index in [9.17, 15) is 9.59 Å². The van der Waals surface area contributed by atoms with Crippen LogP contribution in [0, 0.1) is 0 Å². The number of nitrogens with two attached hydrogens (primary N) is 1. The van der Waals surface area contributed by atoms with Crippen LogP contribution in [0.5, 0.6) is 0 Å². The van der Waals surface area contributed by atoms with Gasteiger partial charge in [0.1, 0.15) is 6.33 Å². The molecular weight excluding hydrogens is 188 g/mol. The molecule has 0 aliphatic rings. The molecule has 8 nitrogen and oxygen atoms in total. The lowest BCUT2D eigenvalue weighted by atomic mass is 10.5. The molecule has 0 aromatic carbocycles. The lowest BCUT2D eigenvalue weighted by Gasteiger charge is -1.92. The molecule has 0 bridgehead atoms. The van der Waals surface area contributed by atoms with Crippen LogP contribution in [-0.4, -0.2) is 25.7 Å². The molecule has 0 amide bonds. The normalized spacial score (nSPS) is 10.0. The summed E-state index contributed by atoms with van der Waals surface area (Å²) in [5.74, 6) is -0.0645. The van der Waals surface area contributed by atoms with Crippen molar-refractivity contribution in [2.75, 3.05) is 5.73 Å². The molecule has 8 heteroatoms. The van der Waals surface area contributed by atoms with Crippen molar-refractivity contribution in [1.29, 1.82) is 0 Å². The minimum Gasteiger partial charge on any atom is -0.369 e. The number of imidazole rings is 1. The van der Waals surface area contributed by atoms with Crippen molar-refractivity contribution >= 4 is 23.2 Å². The maximum absolute atomic E-state index is 11.2. The summed E-state index contributed by atoms with van der Waals surface area (Å²) in [5, 5.41) is 3.25. The first-order valence-corrected chi connectivity index (χ1v) is 3.53. The van der Waals surface area contributed by atoms with E-state index in [0.29, 0.717) is 0 Å². The summed E-state index contributed by atoms with van der Waals surface area (Å²) >= 11 is 0. The summed E-state index contributed by atoms with van der Waals surface area (Å²) in [6.45, 7) is 0. The van der Waals surface area contributed by atoms with E-state index in [1.807, 2.05) is 0 Å². The largest absolute Gasteiger partial charge is 0.369 e. The summed E-state index contributed by atoms with van der Waals surface area (Å²) < 4.78 is 1.02. The van der Waals surface area contributed by atoms with Crippen LogP contribution in [0.3, 0.4) is 0 Å². The summed E-state index contributed by atoms with van der Waals surface area (Å²) in [5.41, 5.74) is 5.01. The average molecular weight is 192 g/mol. The molecule has 0 aliphatic heterocycles. The Hall–Kier alpha value is -2.47. The highest BCUT2D eigenvalue weighted by molar-refractivity contribution is 5.70. The molecule has 0 aliphatic carbocycles. The van der Waals surface area contributed by atoms with Gasteiger partial charge in [-0.15, -0.1) is 0 Å². The van der Waals surface area contributed by atoms with Crippen LogP contribution in [0.2, 0.25) is 0 Å². The minimum absolute atomic E-state index is 0.0645. The highest BCUT2D eigenvalue weighted by Gasteiger charge is 2.07. The molecule has 2 aromatic heterocycles. The number of nitrogens with one attached hydrogen (secondary N) is 1. The van der Waals surface area contributed by atoms with E-state index in [4.69, 9.17) is 5.73 Å². The van der Waals surface area contributed by atoms with Gasteiger partial charge >= 0.3 is 0 Å². The van der Waals surface area contributed by atoms with Crippen molar-refractivity contribution < 1.29 is 4.79 Å². The Balaban J connectivity index is 2.91. The van der Waals surface area contributed by atoms with Crippen LogP contribution < -0.4 is 11.3 Å². The van der Waals surface area contributed by atoms with Crippen LogP contribution in [0.25, 0.3) is 11.2 Å². The van der Waals surface area contributed by atoms with Crippen LogP contribution in [-0.2, 0) is 4.79 Å². The number of carbonyl (C=O) groups excluding carboxylic acids is 1. The molecule has 3 N–H and O–H groups in total. The minimum atomic E-state index is -0.479. The van der Waals surface area contributed by atoms with Gasteiger partial charge in [-0.2, -0.15) is 9.66 Å². The quantitative estimate of drug-likeness (QED) is 0.434. The van der Waals surface area contributed by atoms with E-state index in [2.05, 4.69) is 20.1 Å². The Morgan fingerprint density at radius 1 is 1.64 bits per heavy atom. The molecule has 0 fully saturated rings. The Labute approximate surface area is 76.1 Å². The maximum atomic E-state index is 11.2. The molecule has 0 saturated carbocycles. The lowest BCUT2D eigenvalue weighted by Crippen LogP contribution is -2.11. The number of fused-ring (bicyclic) bond motifs is 1. The monoisotopic (exact) mass is 192 g/mol. The summed E-state index contributed by atoms with van der Waals surface area (Å²) in [6, 6.07) is 0. The fourth-order valence-electron chi connectivity index (χ4n) is 1.03. The zero-order valence-electron chi connectivity index (χ0n) is 6.76. The van der Waals surface area contributed by atoms with Gasteiger partial charge in [-0.1, -0.05) is 5.10 Å². The van der Waals surface area contributed by atoms with E-state index in [1.54, 1.807) is 0 Å². The van der Waals surface area contributed by atoms with E-state index in [1.165, 1.54) is 12.4 Å². The first-order chi connectivity index (χ1) is 6.72. The number of isocyanates is 1. The summed E-state index contributed by atoms with van der Waals surface area (Å²) in [7, 11) is 0. The molecule has 0 saturated heterocycles. The Kier molecular flexibility index (Phi) is 1.62. The third-order valence-electron chi connectivity index (χ3n) is 1.56. The van der Waals surface area contributed by atoms with Crippen molar-refractivity contribution in [2.45, 2.75) is 0 Å². The third kappa shape index (κ3) is 1.06. The number of nitrogen functional groups attached to an aromatic ring is 1. The zero-order valence-corrected chi connectivity index (χ0v) is 6.76. The highest BCUT2D eigenvalue weighted by Crippen LogP contribution is 2.04. The standard InChI is InChI=1S/C6H4N6O2/c7-6-10-4-3(5(14)11-6)8-1-12(4)9-2-13/h1H,(H3,7,10,11,14). The number of rotatable bonds is 1. The fraction of sp³-hybridized carbons (Fsp3) is 0. The third-order valence-corrected chi connectivity index (χ3v) is 1.56. The van der Waals surface area contributed by atoms with Gasteiger partial charge in [0.15, 0.2) is 11.2 Å². The summed E-state index contributed by atoms with van der Waals surface area (Å²) in [6.07, 6.45) is 2.48. The Bertz CT molecular complexity index is 590. The van der Waals surface area contributed by atoms with Crippen molar-refractivity contribution in [1.82, 2.24) is 19.6 Å². The van der Waals surface area contributed by atoms with Gasteiger partial charge in [-0.25, -0.2) is 9.78 Å².